The molecule has 0 aliphatic carbocycles. The molecule has 2 rings (SSSR count). The van der Waals surface area contributed by atoms with E-state index in [1.54, 1.807) is 23.4 Å². The summed E-state index contributed by atoms with van der Waals surface area (Å²) in [6.07, 6.45) is 5.07. The Morgan fingerprint density at radius 1 is 1.39 bits per heavy atom. The van der Waals surface area contributed by atoms with Crippen LogP contribution >= 0.6 is 11.6 Å². The fourth-order valence-corrected chi connectivity index (χ4v) is 2.24. The Morgan fingerprint density at radius 2 is 2.17 bits per heavy atom. The van der Waals surface area contributed by atoms with E-state index in [1.807, 2.05) is 11.5 Å². The molecule has 0 amide bonds. The Labute approximate surface area is 111 Å². The van der Waals surface area contributed by atoms with Crippen LogP contribution in [0, 0.1) is 0 Å². The first-order chi connectivity index (χ1) is 8.69. The molecule has 0 bridgehead atoms. The van der Waals surface area contributed by atoms with Gasteiger partial charge in [0.2, 0.25) is 0 Å². The molecular formula is C12H17ClN4O. The van der Waals surface area contributed by atoms with Crippen LogP contribution in [0.25, 0.3) is 0 Å². The summed E-state index contributed by atoms with van der Waals surface area (Å²) in [4.78, 5) is 4.06. The molecular weight excluding hydrogens is 252 g/mol. The summed E-state index contributed by atoms with van der Waals surface area (Å²) < 4.78 is 3.64. The number of hydrogen-bond donors (Lipinski definition) is 1. The fraction of sp³-hybridized carbons (Fsp3) is 0.500. The summed E-state index contributed by atoms with van der Waals surface area (Å²) in [5.74, 6) is 0. The van der Waals surface area contributed by atoms with Gasteiger partial charge in [-0.1, -0.05) is 18.5 Å². The molecule has 1 atom stereocenters. The average molecular weight is 269 g/mol. The molecule has 0 spiro atoms. The summed E-state index contributed by atoms with van der Waals surface area (Å²) in [5, 5.41) is 15.1. The van der Waals surface area contributed by atoms with Crippen LogP contribution in [0.4, 0.5) is 0 Å². The molecule has 2 heterocycles. The Hall–Kier alpha value is -1.33. The molecule has 18 heavy (non-hydrogen) atoms. The lowest BCUT2D eigenvalue weighted by Crippen LogP contribution is -2.13. The summed E-state index contributed by atoms with van der Waals surface area (Å²) in [6.45, 7) is 5.55. The van der Waals surface area contributed by atoms with E-state index in [0.29, 0.717) is 10.7 Å². The number of aryl methyl sites for hydroxylation is 2. The monoisotopic (exact) mass is 268 g/mol. The van der Waals surface area contributed by atoms with Gasteiger partial charge in [-0.3, -0.25) is 4.68 Å². The molecule has 0 fully saturated rings. The van der Waals surface area contributed by atoms with Gasteiger partial charge in [0, 0.05) is 13.1 Å². The zero-order valence-corrected chi connectivity index (χ0v) is 11.3. The van der Waals surface area contributed by atoms with Gasteiger partial charge in [0.15, 0.2) is 0 Å². The van der Waals surface area contributed by atoms with Crippen molar-refractivity contribution >= 4 is 11.6 Å². The maximum absolute atomic E-state index is 10.5. The zero-order chi connectivity index (χ0) is 13.1. The molecule has 0 aromatic carbocycles. The number of aliphatic hydroxyl groups excluding tert-OH is 1. The third-order valence-corrected chi connectivity index (χ3v) is 3.18. The molecule has 6 heteroatoms. The second-order valence-electron chi connectivity index (χ2n) is 4.11. The van der Waals surface area contributed by atoms with Crippen LogP contribution in [0.15, 0.2) is 18.7 Å². The number of aliphatic hydroxyl groups is 1. The van der Waals surface area contributed by atoms with E-state index < -0.39 is 6.10 Å². The van der Waals surface area contributed by atoms with E-state index in [4.69, 9.17) is 11.6 Å². The largest absolute Gasteiger partial charge is 0.380 e. The Balaban J connectivity index is 2.39. The maximum atomic E-state index is 10.5. The molecule has 1 unspecified atom stereocenters. The minimum atomic E-state index is -0.797. The van der Waals surface area contributed by atoms with E-state index in [0.717, 1.165) is 25.2 Å². The highest BCUT2D eigenvalue weighted by Gasteiger charge is 2.22. The smallest absolute Gasteiger partial charge is 0.139 e. The molecule has 98 valence electrons. The van der Waals surface area contributed by atoms with Crippen LogP contribution in [-0.2, 0) is 13.1 Å². The zero-order valence-electron chi connectivity index (χ0n) is 10.5. The lowest BCUT2D eigenvalue weighted by atomic mass is 10.2. The number of imidazole rings is 1. The van der Waals surface area contributed by atoms with Crippen LogP contribution in [0.5, 0.6) is 0 Å². The van der Waals surface area contributed by atoms with E-state index in [2.05, 4.69) is 17.0 Å². The van der Waals surface area contributed by atoms with Gasteiger partial charge in [-0.05, 0) is 13.3 Å². The molecule has 2 aromatic heterocycles. The predicted molar refractivity (Wildman–Crippen MR) is 69.5 cm³/mol. The van der Waals surface area contributed by atoms with Crippen LogP contribution in [-0.4, -0.2) is 24.4 Å². The Kier molecular flexibility index (Phi) is 4.04. The molecule has 2 aromatic rings. The number of hydrogen-bond acceptors (Lipinski definition) is 3. The summed E-state index contributed by atoms with van der Waals surface area (Å²) in [7, 11) is 0. The number of halogens is 1. The van der Waals surface area contributed by atoms with Crippen molar-refractivity contribution in [3.63, 3.8) is 0 Å². The molecule has 0 saturated carbocycles. The summed E-state index contributed by atoms with van der Waals surface area (Å²) >= 11 is 6.11. The van der Waals surface area contributed by atoms with Gasteiger partial charge in [0.05, 0.1) is 35.1 Å². The van der Waals surface area contributed by atoms with Gasteiger partial charge in [0.1, 0.15) is 6.10 Å². The molecule has 1 N–H and O–H groups in total. The first-order valence-corrected chi connectivity index (χ1v) is 6.46. The Bertz CT molecular complexity index is 520. The summed E-state index contributed by atoms with van der Waals surface area (Å²) in [6, 6.07) is 0. The van der Waals surface area contributed by atoms with Crippen molar-refractivity contribution in [2.24, 2.45) is 0 Å². The van der Waals surface area contributed by atoms with Crippen LogP contribution in [0.2, 0.25) is 5.02 Å². The topological polar surface area (TPSA) is 55.9 Å². The van der Waals surface area contributed by atoms with Crippen molar-refractivity contribution in [3.05, 3.63) is 35.1 Å². The molecule has 0 radical (unpaired) electrons. The van der Waals surface area contributed by atoms with Gasteiger partial charge in [-0.2, -0.15) is 5.10 Å². The van der Waals surface area contributed by atoms with E-state index in [1.165, 1.54) is 0 Å². The molecule has 0 saturated heterocycles. The van der Waals surface area contributed by atoms with Crippen molar-refractivity contribution in [1.82, 2.24) is 19.3 Å². The third-order valence-electron chi connectivity index (χ3n) is 2.89. The standard InChI is InChI=1S/C12H17ClN4O/c1-3-5-17-11(9(13)6-15-17)12(18)10-7-14-8-16(10)4-2/h6-8,12,18H,3-5H2,1-2H3. The second kappa shape index (κ2) is 5.54. The van der Waals surface area contributed by atoms with Crippen LogP contribution < -0.4 is 0 Å². The lowest BCUT2D eigenvalue weighted by molar-refractivity contribution is 0.198. The number of aromatic nitrogens is 4. The normalized spacial score (nSPS) is 12.9. The minimum Gasteiger partial charge on any atom is -0.380 e. The molecule has 0 aliphatic heterocycles. The SMILES string of the molecule is CCCn1ncc(Cl)c1C(O)c1cncn1CC. The van der Waals surface area contributed by atoms with Gasteiger partial charge >= 0.3 is 0 Å². The molecule has 0 aliphatic rings. The minimum absolute atomic E-state index is 0.486. The number of rotatable bonds is 5. The average Bonchev–Trinajstić information content (AvgIpc) is 2.96. The fourth-order valence-electron chi connectivity index (χ4n) is 2.00. The number of nitrogens with zero attached hydrogens (tertiary/aromatic N) is 4. The first kappa shape index (κ1) is 13.1. The van der Waals surface area contributed by atoms with Gasteiger partial charge in [0.25, 0.3) is 0 Å². The van der Waals surface area contributed by atoms with E-state index in [9.17, 15) is 5.11 Å². The van der Waals surface area contributed by atoms with Gasteiger partial charge < -0.3 is 9.67 Å². The highest BCUT2D eigenvalue weighted by Crippen LogP contribution is 2.28. The van der Waals surface area contributed by atoms with Crippen molar-refractivity contribution in [3.8, 4) is 0 Å². The highest BCUT2D eigenvalue weighted by molar-refractivity contribution is 6.31. The van der Waals surface area contributed by atoms with Gasteiger partial charge in [-0.25, -0.2) is 4.98 Å². The van der Waals surface area contributed by atoms with Crippen molar-refractivity contribution in [2.75, 3.05) is 0 Å². The summed E-state index contributed by atoms with van der Waals surface area (Å²) in [5.41, 5.74) is 1.37. The predicted octanol–water partition coefficient (Wildman–Crippen LogP) is 2.24. The first-order valence-electron chi connectivity index (χ1n) is 6.08. The Morgan fingerprint density at radius 3 is 2.83 bits per heavy atom. The second-order valence-corrected chi connectivity index (χ2v) is 4.52. The van der Waals surface area contributed by atoms with E-state index in [-0.39, 0.29) is 0 Å². The van der Waals surface area contributed by atoms with Crippen LogP contribution in [0.1, 0.15) is 37.8 Å². The van der Waals surface area contributed by atoms with Crippen molar-refractivity contribution in [2.45, 2.75) is 39.5 Å². The van der Waals surface area contributed by atoms with Crippen molar-refractivity contribution < 1.29 is 5.11 Å². The third kappa shape index (κ3) is 2.28. The van der Waals surface area contributed by atoms with E-state index >= 15 is 0 Å². The molecule has 5 nitrogen and oxygen atoms in total. The lowest BCUT2D eigenvalue weighted by Gasteiger charge is -2.15. The highest BCUT2D eigenvalue weighted by atomic mass is 35.5. The van der Waals surface area contributed by atoms with Gasteiger partial charge in [-0.15, -0.1) is 0 Å². The van der Waals surface area contributed by atoms with Crippen molar-refractivity contribution in [1.29, 1.82) is 0 Å². The maximum Gasteiger partial charge on any atom is 0.139 e. The van der Waals surface area contributed by atoms with Crippen LogP contribution in [0.3, 0.4) is 0 Å². The quantitative estimate of drug-likeness (QED) is 0.905.